The van der Waals surface area contributed by atoms with E-state index in [1.54, 1.807) is 24.0 Å². The molecule has 1 saturated heterocycles. The molecule has 154 valence electrons. The van der Waals surface area contributed by atoms with E-state index >= 15 is 0 Å². The van der Waals surface area contributed by atoms with E-state index in [-0.39, 0.29) is 23.1 Å². The fraction of sp³-hybridized carbons (Fsp3) is 0.333. The van der Waals surface area contributed by atoms with Crippen molar-refractivity contribution < 1.29 is 18.0 Å². The molecule has 0 saturated carbocycles. The monoisotopic (exact) mass is 415 g/mol. The van der Waals surface area contributed by atoms with E-state index in [1.807, 2.05) is 31.2 Å². The van der Waals surface area contributed by atoms with Crippen molar-refractivity contribution in [2.45, 2.75) is 25.2 Å². The van der Waals surface area contributed by atoms with E-state index in [0.717, 1.165) is 15.6 Å². The van der Waals surface area contributed by atoms with E-state index in [0.29, 0.717) is 17.8 Å². The van der Waals surface area contributed by atoms with Gasteiger partial charge in [0.05, 0.1) is 10.8 Å². The largest absolute Gasteiger partial charge is 0.326 e. The first-order chi connectivity index (χ1) is 13.6. The van der Waals surface area contributed by atoms with E-state index < -0.39 is 15.9 Å². The van der Waals surface area contributed by atoms with Gasteiger partial charge in [0.15, 0.2) is 0 Å². The summed E-state index contributed by atoms with van der Waals surface area (Å²) in [6.45, 7) is 3.97. The lowest BCUT2D eigenvalue weighted by Crippen LogP contribution is -2.28. The highest BCUT2D eigenvalue weighted by Gasteiger charge is 2.35. The van der Waals surface area contributed by atoms with Gasteiger partial charge in [-0.05, 0) is 43.7 Å². The van der Waals surface area contributed by atoms with Crippen LogP contribution < -0.4 is 10.2 Å². The molecule has 1 heterocycles. The second kappa shape index (κ2) is 7.96. The fourth-order valence-corrected chi connectivity index (χ4v) is 4.40. The number of sulfonamides is 1. The molecule has 1 N–H and O–H groups in total. The quantitative estimate of drug-likeness (QED) is 0.813. The van der Waals surface area contributed by atoms with Crippen molar-refractivity contribution in [1.82, 2.24) is 4.31 Å². The molecule has 0 spiro atoms. The second-order valence-electron chi connectivity index (χ2n) is 7.50. The van der Waals surface area contributed by atoms with Crippen LogP contribution in [0.25, 0.3) is 0 Å². The third-order valence-electron chi connectivity index (χ3n) is 5.06. The maximum absolute atomic E-state index is 12.7. The van der Waals surface area contributed by atoms with Crippen LogP contribution in [0.15, 0.2) is 47.4 Å². The van der Waals surface area contributed by atoms with Crippen molar-refractivity contribution >= 4 is 33.2 Å². The predicted octanol–water partition coefficient (Wildman–Crippen LogP) is 2.55. The summed E-state index contributed by atoms with van der Waals surface area (Å²) < 4.78 is 26.1. The van der Waals surface area contributed by atoms with Gasteiger partial charge in [-0.3, -0.25) is 9.59 Å². The van der Waals surface area contributed by atoms with Crippen LogP contribution in [-0.2, 0) is 19.6 Å². The van der Waals surface area contributed by atoms with Crippen LogP contribution in [0.2, 0.25) is 0 Å². The predicted molar refractivity (Wildman–Crippen MR) is 112 cm³/mol. The van der Waals surface area contributed by atoms with E-state index in [1.165, 1.54) is 20.2 Å². The smallest absolute Gasteiger partial charge is 0.242 e. The topological polar surface area (TPSA) is 86.8 Å². The molecule has 1 aliphatic rings. The lowest BCUT2D eigenvalue weighted by molar-refractivity contribution is -0.122. The van der Waals surface area contributed by atoms with Gasteiger partial charge in [-0.1, -0.05) is 23.8 Å². The molecule has 0 unspecified atom stereocenters. The normalized spacial score (nSPS) is 17.1. The summed E-state index contributed by atoms with van der Waals surface area (Å²) in [5, 5.41) is 2.76. The summed E-state index contributed by atoms with van der Waals surface area (Å²) in [7, 11) is -0.698. The summed E-state index contributed by atoms with van der Waals surface area (Å²) in [6.07, 6.45) is 0.119. The summed E-state index contributed by atoms with van der Waals surface area (Å²) in [6, 6.07) is 12.4. The molecule has 29 heavy (non-hydrogen) atoms. The lowest BCUT2D eigenvalue weighted by Gasteiger charge is -2.17. The molecule has 8 heteroatoms. The number of rotatable bonds is 5. The zero-order valence-electron chi connectivity index (χ0n) is 17.0. The Balaban J connectivity index is 1.76. The van der Waals surface area contributed by atoms with Crippen molar-refractivity contribution in [3.63, 3.8) is 0 Å². The van der Waals surface area contributed by atoms with Crippen molar-refractivity contribution in [2.24, 2.45) is 5.92 Å². The molecular weight excluding hydrogens is 390 g/mol. The molecule has 0 aliphatic carbocycles. The average Bonchev–Trinajstić information content (AvgIpc) is 3.05. The van der Waals surface area contributed by atoms with Crippen LogP contribution in [0.1, 0.15) is 17.5 Å². The zero-order valence-corrected chi connectivity index (χ0v) is 17.8. The van der Waals surface area contributed by atoms with E-state index in [9.17, 15) is 18.0 Å². The molecule has 3 rings (SSSR count). The van der Waals surface area contributed by atoms with Crippen LogP contribution in [-0.4, -0.2) is 45.2 Å². The van der Waals surface area contributed by atoms with Gasteiger partial charge in [0, 0.05) is 38.4 Å². The summed E-state index contributed by atoms with van der Waals surface area (Å²) in [5.74, 6) is -0.905. The number of carbonyl (C=O) groups is 2. The van der Waals surface area contributed by atoms with Crippen LogP contribution in [0.5, 0.6) is 0 Å². The van der Waals surface area contributed by atoms with Gasteiger partial charge in [-0.2, -0.15) is 0 Å². The fourth-order valence-electron chi connectivity index (χ4n) is 3.25. The molecule has 0 aromatic heterocycles. The zero-order chi connectivity index (χ0) is 21.3. The second-order valence-corrected chi connectivity index (χ2v) is 9.62. The standard InChI is InChI=1S/C21H25N3O4S/c1-14-5-9-18(10-6-14)24-13-16(11-20(24)25)21(26)22-17-8-7-15(2)19(12-17)29(27,28)23(3)4/h5-10,12,16H,11,13H2,1-4H3,(H,22,26)/t16-/m0/s1. The van der Waals surface area contributed by atoms with Crippen molar-refractivity contribution in [3.05, 3.63) is 53.6 Å². The lowest BCUT2D eigenvalue weighted by atomic mass is 10.1. The first-order valence-electron chi connectivity index (χ1n) is 9.30. The van der Waals surface area contributed by atoms with Crippen molar-refractivity contribution in [2.75, 3.05) is 30.9 Å². The number of nitrogens with one attached hydrogen (secondary N) is 1. The minimum Gasteiger partial charge on any atom is -0.326 e. The van der Waals surface area contributed by atoms with Gasteiger partial charge in [0.25, 0.3) is 0 Å². The Labute approximate surface area is 171 Å². The van der Waals surface area contributed by atoms with Crippen molar-refractivity contribution in [1.29, 1.82) is 0 Å². The van der Waals surface area contributed by atoms with E-state index in [4.69, 9.17) is 0 Å². The Hall–Kier alpha value is -2.71. The van der Waals surface area contributed by atoms with Crippen LogP contribution in [0.3, 0.4) is 0 Å². The molecule has 2 aromatic rings. The molecule has 0 bridgehead atoms. The molecule has 0 radical (unpaired) electrons. The van der Waals surface area contributed by atoms with Gasteiger partial charge >= 0.3 is 0 Å². The van der Waals surface area contributed by atoms with E-state index in [2.05, 4.69) is 5.32 Å². The number of carbonyl (C=O) groups excluding carboxylic acids is 2. The van der Waals surface area contributed by atoms with Gasteiger partial charge < -0.3 is 10.2 Å². The van der Waals surface area contributed by atoms with Gasteiger partial charge in [-0.25, -0.2) is 12.7 Å². The Bertz CT molecular complexity index is 1050. The summed E-state index contributed by atoms with van der Waals surface area (Å²) in [4.78, 5) is 26.9. The molecule has 1 fully saturated rings. The molecule has 1 atom stereocenters. The van der Waals surface area contributed by atoms with Gasteiger partial charge in [0.1, 0.15) is 0 Å². The Morgan fingerprint density at radius 2 is 1.76 bits per heavy atom. The van der Waals surface area contributed by atoms with Crippen LogP contribution >= 0.6 is 0 Å². The molecule has 2 amide bonds. The van der Waals surface area contributed by atoms with Gasteiger partial charge in [-0.15, -0.1) is 0 Å². The number of benzene rings is 2. The highest BCUT2D eigenvalue weighted by Crippen LogP contribution is 2.27. The number of aryl methyl sites for hydroxylation is 2. The first-order valence-corrected chi connectivity index (χ1v) is 10.7. The SMILES string of the molecule is Cc1ccc(N2C[C@@H](C(=O)Nc3ccc(C)c(S(=O)(=O)N(C)C)c3)CC2=O)cc1. The molecule has 7 nitrogen and oxygen atoms in total. The molecular formula is C21H25N3O4S. The minimum atomic E-state index is -3.62. The summed E-state index contributed by atoms with van der Waals surface area (Å²) >= 11 is 0. The Morgan fingerprint density at radius 1 is 1.10 bits per heavy atom. The minimum absolute atomic E-state index is 0.103. The highest BCUT2D eigenvalue weighted by molar-refractivity contribution is 7.89. The Morgan fingerprint density at radius 3 is 2.38 bits per heavy atom. The third kappa shape index (κ3) is 4.33. The Kier molecular flexibility index (Phi) is 5.77. The number of amides is 2. The molecule has 2 aromatic carbocycles. The maximum atomic E-state index is 12.7. The highest BCUT2D eigenvalue weighted by atomic mass is 32.2. The molecule has 1 aliphatic heterocycles. The summed E-state index contributed by atoms with van der Waals surface area (Å²) in [5.41, 5.74) is 2.85. The maximum Gasteiger partial charge on any atom is 0.242 e. The number of anilines is 2. The average molecular weight is 416 g/mol. The number of hydrogen-bond acceptors (Lipinski definition) is 4. The number of nitrogens with zero attached hydrogens (tertiary/aromatic N) is 2. The first kappa shape index (κ1) is 21.0. The van der Waals surface area contributed by atoms with Crippen LogP contribution in [0, 0.1) is 19.8 Å². The van der Waals surface area contributed by atoms with Gasteiger partial charge in [0.2, 0.25) is 21.8 Å². The third-order valence-corrected chi connectivity index (χ3v) is 7.01. The number of hydrogen-bond donors (Lipinski definition) is 1. The van der Waals surface area contributed by atoms with Crippen molar-refractivity contribution in [3.8, 4) is 0 Å². The van der Waals surface area contributed by atoms with Crippen LogP contribution in [0.4, 0.5) is 11.4 Å².